The first-order valence-corrected chi connectivity index (χ1v) is 21.2. The molecular weight excluding hydrogens is 796 g/mol. The van der Waals surface area contributed by atoms with Crippen LogP contribution in [0, 0.1) is 0 Å². The van der Waals surface area contributed by atoms with Gasteiger partial charge in [-0.3, -0.25) is 0 Å². The molecule has 0 unspecified atom stereocenters. The summed E-state index contributed by atoms with van der Waals surface area (Å²) in [5.74, 6) is 1.24. The molecule has 0 aliphatic carbocycles. The van der Waals surface area contributed by atoms with Crippen molar-refractivity contribution in [1.82, 2.24) is 19.9 Å². The second-order valence-electron chi connectivity index (χ2n) is 14.0. The SMILES string of the molecule is CCOCc1nc2c(N)nc3ccccc3c2n1CC(C)(C)NCCOCCOCCOCCOCCOCCOCCOCCOCCOCCOCCOCCN=[N+]=[N-]. The number of rotatable bonds is 42. The summed E-state index contributed by atoms with van der Waals surface area (Å²) >= 11 is 0. The maximum Gasteiger partial charge on any atom is 0.152 e. The third-order valence-corrected chi connectivity index (χ3v) is 8.65. The summed E-state index contributed by atoms with van der Waals surface area (Å²) in [7, 11) is 0. The zero-order chi connectivity index (χ0) is 43.5. The molecule has 20 nitrogen and oxygen atoms in total. The van der Waals surface area contributed by atoms with Gasteiger partial charge in [0.05, 0.1) is 156 Å². The van der Waals surface area contributed by atoms with E-state index in [9.17, 15) is 0 Å². The average molecular weight is 867 g/mol. The molecule has 61 heavy (non-hydrogen) atoms. The molecule has 0 spiro atoms. The fourth-order valence-electron chi connectivity index (χ4n) is 5.74. The number of para-hydroxylation sites is 1. The highest BCUT2D eigenvalue weighted by atomic mass is 16.6. The van der Waals surface area contributed by atoms with E-state index in [4.69, 9.17) is 73.1 Å². The zero-order valence-electron chi connectivity index (χ0n) is 36.6. The fraction of sp³-hybridized carbons (Fsp3) is 0.756. The van der Waals surface area contributed by atoms with Crippen molar-refractivity contribution in [2.45, 2.75) is 39.5 Å². The van der Waals surface area contributed by atoms with Crippen LogP contribution < -0.4 is 11.1 Å². The number of nitrogens with one attached hydrogen (secondary N) is 1. The molecule has 2 aromatic heterocycles. The van der Waals surface area contributed by atoms with Crippen LogP contribution in [0.15, 0.2) is 29.4 Å². The first-order valence-electron chi connectivity index (χ1n) is 21.2. The molecule has 0 aliphatic heterocycles. The van der Waals surface area contributed by atoms with Crippen LogP contribution in [0.3, 0.4) is 0 Å². The summed E-state index contributed by atoms with van der Waals surface area (Å²) in [4.78, 5) is 12.1. The van der Waals surface area contributed by atoms with Gasteiger partial charge in [0.15, 0.2) is 5.82 Å². The van der Waals surface area contributed by atoms with Crippen molar-refractivity contribution in [2.24, 2.45) is 5.11 Å². The topological polar surface area (TPSA) is 228 Å². The molecule has 0 atom stereocenters. The highest BCUT2D eigenvalue weighted by Crippen LogP contribution is 2.30. The van der Waals surface area contributed by atoms with E-state index in [0.717, 1.165) is 22.2 Å². The number of fused-ring (bicyclic) bond motifs is 3. The number of azide groups is 1. The van der Waals surface area contributed by atoms with Gasteiger partial charge in [-0.25, -0.2) is 9.97 Å². The Morgan fingerprint density at radius 2 is 1.05 bits per heavy atom. The Hall–Kier alpha value is -3.31. The lowest BCUT2D eigenvalue weighted by molar-refractivity contribution is -0.0274. The average Bonchev–Trinajstić information content (AvgIpc) is 3.61. The smallest absolute Gasteiger partial charge is 0.152 e. The Kier molecular flexibility index (Phi) is 29.2. The summed E-state index contributed by atoms with van der Waals surface area (Å²) in [6.07, 6.45) is 0. The van der Waals surface area contributed by atoms with Gasteiger partial charge < -0.3 is 72.5 Å². The molecule has 3 aromatic rings. The highest BCUT2D eigenvalue weighted by molar-refractivity contribution is 6.06. The molecule has 0 fully saturated rings. The van der Waals surface area contributed by atoms with Crippen molar-refractivity contribution in [3.05, 3.63) is 40.5 Å². The van der Waals surface area contributed by atoms with E-state index in [1.165, 1.54) is 0 Å². The molecule has 0 amide bonds. The molecule has 20 heteroatoms. The Balaban J connectivity index is 1.03. The van der Waals surface area contributed by atoms with E-state index in [-0.39, 0.29) is 5.54 Å². The molecule has 0 saturated carbocycles. The molecule has 0 radical (unpaired) electrons. The summed E-state index contributed by atoms with van der Waals surface area (Å²) in [5.41, 5.74) is 16.8. The lowest BCUT2D eigenvalue weighted by atomic mass is 10.1. The van der Waals surface area contributed by atoms with Crippen molar-refractivity contribution in [2.75, 3.05) is 171 Å². The van der Waals surface area contributed by atoms with Crippen LogP contribution in [0.5, 0.6) is 0 Å². The molecule has 0 bridgehead atoms. The molecule has 1 aromatic carbocycles. The Labute approximate surface area is 359 Å². The summed E-state index contributed by atoms with van der Waals surface area (Å²) in [5, 5.41) is 8.01. The minimum atomic E-state index is -0.266. The molecular formula is C41H70N8O12. The first-order chi connectivity index (χ1) is 30.0. The van der Waals surface area contributed by atoms with Gasteiger partial charge in [-0.2, -0.15) is 0 Å². The number of hydrogen-bond donors (Lipinski definition) is 2. The minimum Gasteiger partial charge on any atom is -0.382 e. The number of hydrogen-bond acceptors (Lipinski definition) is 17. The predicted octanol–water partition coefficient (Wildman–Crippen LogP) is 3.56. The normalized spacial score (nSPS) is 11.9. The molecule has 3 rings (SSSR count). The van der Waals surface area contributed by atoms with Gasteiger partial charge in [0.2, 0.25) is 0 Å². The number of nitrogens with zero attached hydrogens (tertiary/aromatic N) is 6. The van der Waals surface area contributed by atoms with Crippen molar-refractivity contribution >= 4 is 27.8 Å². The monoisotopic (exact) mass is 867 g/mol. The third-order valence-electron chi connectivity index (χ3n) is 8.65. The number of pyridine rings is 1. The molecule has 346 valence electrons. The maximum atomic E-state index is 8.17. The van der Waals surface area contributed by atoms with E-state index < -0.39 is 0 Å². The number of aromatic nitrogens is 3. The van der Waals surface area contributed by atoms with Crippen LogP contribution in [0.25, 0.3) is 32.4 Å². The zero-order valence-corrected chi connectivity index (χ0v) is 36.6. The Bertz CT molecular complexity index is 1600. The summed E-state index contributed by atoms with van der Waals surface area (Å²) < 4.78 is 68.6. The third kappa shape index (κ3) is 23.6. The highest BCUT2D eigenvalue weighted by Gasteiger charge is 2.24. The van der Waals surface area contributed by atoms with E-state index in [2.05, 4.69) is 44.8 Å². The standard InChI is InChI=1S/C41H70N8O12/c1-4-50-33-37-47-38-39(35-7-5-6-8-36(35)46-40(38)42)49(37)34-41(2,3)44-9-11-51-13-15-53-17-19-55-21-23-57-25-27-59-29-31-61-32-30-60-28-26-58-24-22-56-20-18-54-16-14-52-12-10-45-48-43/h5-8,44H,4,9-34H2,1-3H3,(H2,42,46). The molecule has 3 N–H and O–H groups in total. The second kappa shape index (κ2) is 34.2. The lowest BCUT2D eigenvalue weighted by Crippen LogP contribution is -2.45. The van der Waals surface area contributed by atoms with E-state index in [1.54, 1.807) is 0 Å². The van der Waals surface area contributed by atoms with Crippen LogP contribution in [0.4, 0.5) is 5.82 Å². The van der Waals surface area contributed by atoms with Crippen molar-refractivity contribution in [1.29, 1.82) is 0 Å². The second-order valence-corrected chi connectivity index (χ2v) is 14.0. The van der Waals surface area contributed by atoms with E-state index >= 15 is 0 Å². The van der Waals surface area contributed by atoms with Gasteiger partial charge >= 0.3 is 0 Å². The van der Waals surface area contributed by atoms with E-state index in [1.807, 2.05) is 25.1 Å². The van der Waals surface area contributed by atoms with E-state index in [0.29, 0.717) is 190 Å². The maximum absolute atomic E-state index is 8.17. The van der Waals surface area contributed by atoms with Gasteiger partial charge in [0, 0.05) is 42.1 Å². The first kappa shape index (κ1) is 52.0. The van der Waals surface area contributed by atoms with Crippen LogP contribution in [-0.4, -0.2) is 185 Å². The largest absolute Gasteiger partial charge is 0.382 e. The van der Waals surface area contributed by atoms with Gasteiger partial charge in [0.1, 0.15) is 17.9 Å². The number of ether oxygens (including phenoxy) is 12. The summed E-state index contributed by atoms with van der Waals surface area (Å²) in [6.45, 7) is 19.6. The quantitative estimate of drug-likeness (QED) is 0.0359. The van der Waals surface area contributed by atoms with Gasteiger partial charge in [-0.15, -0.1) is 0 Å². The van der Waals surface area contributed by atoms with Crippen LogP contribution in [0.2, 0.25) is 0 Å². The van der Waals surface area contributed by atoms with Crippen molar-refractivity contribution in [3.8, 4) is 0 Å². The summed E-state index contributed by atoms with van der Waals surface area (Å²) in [6, 6.07) is 8.00. The number of nitrogen functional groups attached to an aromatic ring is 1. The van der Waals surface area contributed by atoms with Crippen molar-refractivity contribution < 1.29 is 56.8 Å². The van der Waals surface area contributed by atoms with Crippen molar-refractivity contribution in [3.63, 3.8) is 0 Å². The molecule has 0 aliphatic rings. The number of benzene rings is 1. The predicted molar refractivity (Wildman–Crippen MR) is 230 cm³/mol. The van der Waals surface area contributed by atoms with Gasteiger partial charge in [-0.05, 0) is 32.4 Å². The minimum absolute atomic E-state index is 0.266. The number of nitrogens with two attached hydrogens (primary N) is 1. The lowest BCUT2D eigenvalue weighted by Gasteiger charge is -2.28. The van der Waals surface area contributed by atoms with Crippen LogP contribution in [-0.2, 0) is 70.0 Å². The number of anilines is 1. The molecule has 2 heterocycles. The Morgan fingerprint density at radius 1 is 0.623 bits per heavy atom. The van der Waals surface area contributed by atoms with Gasteiger partial charge in [-0.1, -0.05) is 23.3 Å². The van der Waals surface area contributed by atoms with Crippen LogP contribution >= 0.6 is 0 Å². The number of imidazole rings is 1. The van der Waals surface area contributed by atoms with Gasteiger partial charge in [0.25, 0.3) is 0 Å². The van der Waals surface area contributed by atoms with Crippen LogP contribution in [0.1, 0.15) is 26.6 Å². The fourth-order valence-corrected chi connectivity index (χ4v) is 5.74. The Morgan fingerprint density at radius 3 is 1.49 bits per heavy atom. The molecule has 0 saturated heterocycles.